The van der Waals surface area contributed by atoms with Crippen LogP contribution >= 0.6 is 0 Å². The largest absolute Gasteiger partial charge is 0.506 e. The van der Waals surface area contributed by atoms with Crippen LogP contribution in [0.1, 0.15) is 15.9 Å². The quantitative estimate of drug-likeness (QED) is 0.729. The van der Waals surface area contributed by atoms with Crippen molar-refractivity contribution >= 4 is 11.6 Å². The van der Waals surface area contributed by atoms with Crippen LogP contribution in [0, 0.1) is 6.92 Å². The topological polar surface area (TPSA) is 67.2 Å². The van der Waals surface area contributed by atoms with Crippen molar-refractivity contribution in [2.45, 2.75) is 6.92 Å². The average molecular weight is 293 g/mol. The number of aromatic hydroxyl groups is 1. The number of phenolic OH excluding ortho intramolecular Hbond substituents is 1. The van der Waals surface area contributed by atoms with Crippen LogP contribution in [0.15, 0.2) is 60.9 Å². The summed E-state index contributed by atoms with van der Waals surface area (Å²) in [5.74, 6) is -0.215. The Bertz CT molecular complexity index is 793. The molecule has 0 bridgehead atoms. The summed E-state index contributed by atoms with van der Waals surface area (Å²) in [6.45, 7) is 1.87. The highest BCUT2D eigenvalue weighted by Gasteiger charge is 2.09. The normalized spacial score (nSPS) is 10.4. The number of hydrogen-bond acceptors (Lipinski definition) is 3. The molecule has 0 aliphatic heterocycles. The van der Waals surface area contributed by atoms with E-state index in [4.69, 9.17) is 0 Å². The van der Waals surface area contributed by atoms with E-state index >= 15 is 0 Å². The molecule has 0 fully saturated rings. The fraction of sp³-hybridized carbons (Fsp3) is 0.0588. The van der Waals surface area contributed by atoms with E-state index in [1.165, 1.54) is 0 Å². The molecule has 5 nitrogen and oxygen atoms in total. The van der Waals surface area contributed by atoms with Gasteiger partial charge in [0.2, 0.25) is 0 Å². The number of nitrogens with one attached hydrogen (secondary N) is 1. The molecule has 0 radical (unpaired) electrons. The minimum absolute atomic E-state index is 0.0570. The molecular weight excluding hydrogens is 278 g/mol. The van der Waals surface area contributed by atoms with Crippen LogP contribution in [0.25, 0.3) is 5.69 Å². The molecule has 0 aliphatic rings. The van der Waals surface area contributed by atoms with E-state index in [0.717, 1.165) is 11.3 Å². The molecule has 0 unspecified atom stereocenters. The molecule has 2 N–H and O–H groups in total. The first-order valence-corrected chi connectivity index (χ1v) is 6.84. The third kappa shape index (κ3) is 2.83. The predicted octanol–water partition coefficient (Wildman–Crippen LogP) is 3.14. The molecule has 0 atom stereocenters. The number of aromatic nitrogens is 2. The molecule has 1 aromatic heterocycles. The Labute approximate surface area is 127 Å². The van der Waals surface area contributed by atoms with Crippen molar-refractivity contribution in [2.75, 3.05) is 5.32 Å². The summed E-state index contributed by atoms with van der Waals surface area (Å²) >= 11 is 0. The highest BCUT2D eigenvalue weighted by Crippen LogP contribution is 2.24. The summed E-state index contributed by atoms with van der Waals surface area (Å²) in [5, 5.41) is 16.7. The average Bonchev–Trinajstić information content (AvgIpc) is 3.04. The SMILES string of the molecule is Cc1ccc(NC(=O)c2ccc(-n3cccn3)cc2)c(O)c1. The summed E-state index contributed by atoms with van der Waals surface area (Å²) in [6, 6.07) is 14.0. The highest BCUT2D eigenvalue weighted by atomic mass is 16.3. The van der Waals surface area contributed by atoms with Crippen molar-refractivity contribution in [1.29, 1.82) is 0 Å². The maximum Gasteiger partial charge on any atom is 0.255 e. The number of benzene rings is 2. The zero-order valence-electron chi connectivity index (χ0n) is 12.0. The third-order valence-electron chi connectivity index (χ3n) is 3.30. The molecular formula is C17H15N3O2. The van der Waals surface area contributed by atoms with Gasteiger partial charge in [0.1, 0.15) is 5.75 Å². The second kappa shape index (κ2) is 5.73. The molecule has 3 rings (SSSR count). The van der Waals surface area contributed by atoms with Gasteiger partial charge in [-0.1, -0.05) is 6.07 Å². The number of hydrogen-bond donors (Lipinski definition) is 2. The fourth-order valence-corrected chi connectivity index (χ4v) is 2.13. The molecule has 2 aromatic carbocycles. The Kier molecular flexibility index (Phi) is 3.62. The van der Waals surface area contributed by atoms with Crippen molar-refractivity contribution in [2.24, 2.45) is 0 Å². The van der Waals surface area contributed by atoms with Crippen LogP contribution in [0.5, 0.6) is 5.75 Å². The van der Waals surface area contributed by atoms with E-state index in [2.05, 4.69) is 10.4 Å². The van der Waals surface area contributed by atoms with Gasteiger partial charge >= 0.3 is 0 Å². The van der Waals surface area contributed by atoms with Crippen molar-refractivity contribution in [1.82, 2.24) is 9.78 Å². The fourth-order valence-electron chi connectivity index (χ4n) is 2.13. The van der Waals surface area contributed by atoms with Gasteiger partial charge in [-0.3, -0.25) is 4.79 Å². The van der Waals surface area contributed by atoms with Gasteiger partial charge in [-0.05, 0) is 55.0 Å². The van der Waals surface area contributed by atoms with E-state index in [9.17, 15) is 9.90 Å². The predicted molar refractivity (Wildman–Crippen MR) is 84.4 cm³/mol. The lowest BCUT2D eigenvalue weighted by molar-refractivity contribution is 0.102. The zero-order valence-corrected chi connectivity index (χ0v) is 12.0. The van der Waals surface area contributed by atoms with Gasteiger partial charge in [-0.2, -0.15) is 5.10 Å². The molecule has 1 heterocycles. The second-order valence-electron chi connectivity index (χ2n) is 4.97. The van der Waals surface area contributed by atoms with Crippen molar-refractivity contribution < 1.29 is 9.90 Å². The van der Waals surface area contributed by atoms with Crippen LogP contribution in [0.2, 0.25) is 0 Å². The number of phenols is 1. The Morgan fingerprint density at radius 1 is 1.18 bits per heavy atom. The number of rotatable bonds is 3. The van der Waals surface area contributed by atoms with E-state index < -0.39 is 0 Å². The van der Waals surface area contributed by atoms with Gasteiger partial charge in [0.05, 0.1) is 11.4 Å². The molecule has 0 spiro atoms. The van der Waals surface area contributed by atoms with Crippen LogP contribution in [0.3, 0.4) is 0 Å². The maximum absolute atomic E-state index is 12.2. The monoisotopic (exact) mass is 293 g/mol. The lowest BCUT2D eigenvalue weighted by atomic mass is 10.1. The number of anilines is 1. The van der Waals surface area contributed by atoms with E-state index in [1.807, 2.05) is 37.4 Å². The summed E-state index contributed by atoms with van der Waals surface area (Å²) in [5.41, 5.74) is 2.71. The molecule has 110 valence electrons. The first-order valence-electron chi connectivity index (χ1n) is 6.84. The maximum atomic E-state index is 12.2. The second-order valence-corrected chi connectivity index (χ2v) is 4.97. The first-order chi connectivity index (χ1) is 10.6. The zero-order chi connectivity index (χ0) is 15.5. The van der Waals surface area contributed by atoms with Crippen LogP contribution < -0.4 is 5.32 Å². The number of amides is 1. The molecule has 0 aliphatic carbocycles. The van der Waals surface area contributed by atoms with Gasteiger partial charge < -0.3 is 10.4 Å². The summed E-state index contributed by atoms with van der Waals surface area (Å²) in [7, 11) is 0. The summed E-state index contributed by atoms with van der Waals surface area (Å²) in [4.78, 5) is 12.2. The Morgan fingerprint density at radius 3 is 2.59 bits per heavy atom. The molecule has 5 heteroatoms. The van der Waals surface area contributed by atoms with E-state index in [1.54, 1.807) is 35.1 Å². The Morgan fingerprint density at radius 2 is 1.95 bits per heavy atom. The lowest BCUT2D eigenvalue weighted by Crippen LogP contribution is -2.12. The summed E-state index contributed by atoms with van der Waals surface area (Å²) in [6.07, 6.45) is 3.53. The number of aryl methyl sites for hydroxylation is 1. The minimum atomic E-state index is -0.272. The van der Waals surface area contributed by atoms with Gasteiger partial charge in [0.15, 0.2) is 0 Å². The molecule has 22 heavy (non-hydrogen) atoms. The number of carbonyl (C=O) groups excluding carboxylic acids is 1. The third-order valence-corrected chi connectivity index (χ3v) is 3.30. The molecule has 0 saturated heterocycles. The van der Waals surface area contributed by atoms with Crippen molar-refractivity contribution in [3.63, 3.8) is 0 Å². The van der Waals surface area contributed by atoms with Gasteiger partial charge in [0, 0.05) is 18.0 Å². The minimum Gasteiger partial charge on any atom is -0.506 e. The van der Waals surface area contributed by atoms with Crippen molar-refractivity contribution in [3.05, 3.63) is 72.1 Å². The lowest BCUT2D eigenvalue weighted by Gasteiger charge is -2.08. The number of nitrogens with zero attached hydrogens (tertiary/aromatic N) is 2. The van der Waals surface area contributed by atoms with Gasteiger partial charge in [-0.15, -0.1) is 0 Å². The van der Waals surface area contributed by atoms with Crippen LogP contribution in [-0.2, 0) is 0 Å². The van der Waals surface area contributed by atoms with Gasteiger partial charge in [-0.25, -0.2) is 4.68 Å². The first kappa shape index (κ1) is 13.9. The van der Waals surface area contributed by atoms with E-state index in [-0.39, 0.29) is 11.7 Å². The molecule has 1 amide bonds. The van der Waals surface area contributed by atoms with Gasteiger partial charge in [0.25, 0.3) is 5.91 Å². The summed E-state index contributed by atoms with van der Waals surface area (Å²) < 4.78 is 1.72. The Hall–Kier alpha value is -3.08. The Balaban J connectivity index is 1.77. The smallest absolute Gasteiger partial charge is 0.255 e. The number of carbonyl (C=O) groups is 1. The van der Waals surface area contributed by atoms with Crippen LogP contribution in [0.4, 0.5) is 5.69 Å². The highest BCUT2D eigenvalue weighted by molar-refractivity contribution is 6.05. The molecule has 3 aromatic rings. The van der Waals surface area contributed by atoms with E-state index in [0.29, 0.717) is 11.3 Å². The standard InChI is InChI=1S/C17H15N3O2/c1-12-3-8-15(16(21)11-12)19-17(22)13-4-6-14(7-5-13)20-10-2-9-18-20/h2-11,21H,1H3,(H,19,22). The molecule has 0 saturated carbocycles. The van der Waals surface area contributed by atoms with Crippen LogP contribution in [-0.4, -0.2) is 20.8 Å². The van der Waals surface area contributed by atoms with Crippen molar-refractivity contribution in [3.8, 4) is 11.4 Å².